The molecular formula is C14H22S. The van der Waals surface area contributed by atoms with Gasteiger partial charge < -0.3 is 0 Å². The summed E-state index contributed by atoms with van der Waals surface area (Å²) in [5.74, 6) is 6.43. The molecule has 0 nitrogen and oxygen atoms in total. The van der Waals surface area contributed by atoms with E-state index < -0.39 is 0 Å². The van der Waals surface area contributed by atoms with Gasteiger partial charge in [0.15, 0.2) is 0 Å². The molecule has 1 aromatic rings. The maximum atomic E-state index is 5.00. The number of thiophene rings is 1. The van der Waals surface area contributed by atoms with E-state index in [1.807, 2.05) is 0 Å². The summed E-state index contributed by atoms with van der Waals surface area (Å²) in [5.41, 5.74) is 0. The fourth-order valence-electron chi connectivity index (χ4n) is 1.49. The molecule has 0 aliphatic rings. The van der Waals surface area contributed by atoms with Gasteiger partial charge in [-0.15, -0.1) is 11.3 Å². The van der Waals surface area contributed by atoms with Gasteiger partial charge in [0.2, 0.25) is 0 Å². The molecule has 0 fully saturated rings. The second-order valence-corrected chi connectivity index (χ2v) is 4.74. The fourth-order valence-corrected chi connectivity index (χ4v) is 2.08. The molecular weight excluding hydrogens is 200 g/mol. The zero-order valence-electron chi connectivity index (χ0n) is 11.6. The van der Waals surface area contributed by atoms with Crippen LogP contribution in [0.15, 0.2) is 17.5 Å². The van der Waals surface area contributed by atoms with Gasteiger partial charge in [-0.2, -0.15) is 0 Å². The van der Waals surface area contributed by atoms with E-state index in [1.165, 1.54) is 43.4 Å². The van der Waals surface area contributed by atoms with Crippen LogP contribution in [0.25, 0.3) is 0 Å². The van der Waals surface area contributed by atoms with E-state index in [-0.39, 0.29) is 0 Å². The zero-order chi connectivity index (χ0) is 12.8. The Hall–Kier alpha value is -0.740. The van der Waals surface area contributed by atoms with Crippen LogP contribution < -0.4 is 0 Å². The molecule has 0 aliphatic carbocycles. The molecule has 1 heterocycles. The number of hydrogen-bond acceptors (Lipinski definition) is 1. The van der Waals surface area contributed by atoms with Gasteiger partial charge in [-0.25, -0.2) is 0 Å². The predicted molar refractivity (Wildman–Crippen MR) is 71.3 cm³/mol. The second kappa shape index (κ2) is 8.56. The molecule has 15 heavy (non-hydrogen) atoms. The van der Waals surface area contributed by atoms with E-state index in [0.717, 1.165) is 6.42 Å². The lowest BCUT2D eigenvalue weighted by atomic mass is 10.1. The number of hydrogen-bond donors (Lipinski definition) is 0. The summed E-state index contributed by atoms with van der Waals surface area (Å²) in [4.78, 5) is 1.20. The Bertz CT molecular complexity index is 296. The van der Waals surface area contributed by atoms with Crippen LogP contribution in [0.5, 0.6) is 0 Å². The molecule has 0 saturated heterocycles. The third-order valence-corrected chi connectivity index (χ3v) is 3.17. The average molecular weight is 226 g/mol. The van der Waals surface area contributed by atoms with Gasteiger partial charge in [0.1, 0.15) is 0 Å². The molecule has 1 heteroatoms. The highest BCUT2D eigenvalue weighted by molar-refractivity contribution is 7.10. The van der Waals surface area contributed by atoms with Crippen molar-refractivity contribution in [1.29, 1.82) is 0 Å². The highest BCUT2D eigenvalue weighted by atomic mass is 32.1. The molecule has 0 radical (unpaired) electrons. The van der Waals surface area contributed by atoms with E-state index in [4.69, 9.17) is 2.97 Å². The SMILES string of the molecule is CCCCCCCCC#Cc1cccs1.[3H][3H]. The summed E-state index contributed by atoms with van der Waals surface area (Å²) < 4.78 is 10.0. The molecule has 0 saturated carbocycles. The van der Waals surface area contributed by atoms with Gasteiger partial charge in [0, 0.05) is 9.39 Å². The summed E-state index contributed by atoms with van der Waals surface area (Å²) >= 11 is 1.72. The summed E-state index contributed by atoms with van der Waals surface area (Å²) in [6, 6.07) is 4.14. The van der Waals surface area contributed by atoms with E-state index in [1.54, 1.807) is 11.3 Å². The highest BCUT2D eigenvalue weighted by Crippen LogP contribution is 2.08. The molecule has 0 N–H and O–H groups in total. The summed E-state index contributed by atoms with van der Waals surface area (Å²) in [6.07, 6.45) is 9.17. The molecule has 0 aliphatic heterocycles. The normalized spacial score (nSPS) is 10.2. The smallest absolute Gasteiger partial charge is 0.0768 e. The third kappa shape index (κ3) is 6.36. The van der Waals surface area contributed by atoms with Gasteiger partial charge in [0.05, 0.1) is 4.88 Å². The third-order valence-electron chi connectivity index (χ3n) is 2.39. The quantitative estimate of drug-likeness (QED) is 0.468. The summed E-state index contributed by atoms with van der Waals surface area (Å²) in [5, 5.41) is 2.08. The molecule has 1 rings (SSSR count). The van der Waals surface area contributed by atoms with Crippen molar-refractivity contribution in [2.24, 2.45) is 0 Å². The lowest BCUT2D eigenvalue weighted by molar-refractivity contribution is 0.614. The Morgan fingerprint density at radius 3 is 2.80 bits per heavy atom. The summed E-state index contributed by atoms with van der Waals surface area (Å²) in [6.45, 7) is 2.26. The van der Waals surface area contributed by atoms with Crippen LogP contribution in [0, 0.1) is 11.8 Å². The van der Waals surface area contributed by atoms with Gasteiger partial charge in [-0.1, -0.05) is 56.9 Å². The summed E-state index contributed by atoms with van der Waals surface area (Å²) in [7, 11) is 0. The highest BCUT2D eigenvalue weighted by Gasteiger charge is 1.88. The van der Waals surface area contributed by atoms with Crippen LogP contribution in [-0.2, 0) is 0 Å². The molecule has 0 bridgehead atoms. The van der Waals surface area contributed by atoms with E-state index in [0.29, 0.717) is 0 Å². The second-order valence-electron chi connectivity index (χ2n) is 3.80. The van der Waals surface area contributed by atoms with Crippen molar-refractivity contribution in [3.05, 3.63) is 22.4 Å². The van der Waals surface area contributed by atoms with Crippen molar-refractivity contribution in [2.45, 2.75) is 51.9 Å². The largest absolute Gasteiger partial charge is 0.135 e. The Balaban J connectivity index is 0.00000121. The van der Waals surface area contributed by atoms with Crippen molar-refractivity contribution in [3.8, 4) is 11.8 Å². The molecule has 0 aromatic carbocycles. The van der Waals surface area contributed by atoms with Crippen LogP contribution in [0.4, 0.5) is 0 Å². The Morgan fingerprint density at radius 1 is 1.27 bits per heavy atom. The van der Waals surface area contributed by atoms with Crippen molar-refractivity contribution in [1.82, 2.24) is 0 Å². The standard InChI is InChI=1S/C14H20S.H2/c1-2-3-4-5-6-7-8-9-11-14-12-10-13-15-14;/h10,12-13H,2-8H2,1H3;1H/i;1+2T. The Morgan fingerprint density at radius 2 is 2.07 bits per heavy atom. The minimum Gasteiger partial charge on any atom is -0.135 e. The van der Waals surface area contributed by atoms with Crippen LogP contribution in [0.2, 0.25) is 0 Å². The molecule has 0 spiro atoms. The van der Waals surface area contributed by atoms with Crippen molar-refractivity contribution in [3.63, 3.8) is 0 Å². The van der Waals surface area contributed by atoms with Crippen molar-refractivity contribution < 1.29 is 2.97 Å². The predicted octanol–water partition coefficient (Wildman–Crippen LogP) is 5.10. The minimum atomic E-state index is 1.06. The Kier molecular flexibility index (Phi) is 6.14. The first kappa shape index (κ1) is 10.8. The van der Waals surface area contributed by atoms with Gasteiger partial charge >= 0.3 is 0 Å². The van der Waals surface area contributed by atoms with E-state index in [2.05, 4.69) is 36.3 Å². The average Bonchev–Trinajstić information content (AvgIpc) is 2.88. The molecule has 1 aromatic heterocycles. The van der Waals surface area contributed by atoms with Gasteiger partial charge in [0.25, 0.3) is 0 Å². The van der Waals surface area contributed by atoms with Crippen molar-refractivity contribution in [2.75, 3.05) is 0 Å². The number of rotatable bonds is 6. The van der Waals surface area contributed by atoms with E-state index in [9.17, 15) is 0 Å². The van der Waals surface area contributed by atoms with Crippen LogP contribution in [-0.4, -0.2) is 0 Å². The molecule has 0 atom stereocenters. The first-order valence-corrected chi connectivity index (χ1v) is 6.84. The maximum absolute atomic E-state index is 5.00. The first-order valence-electron chi connectivity index (χ1n) is 6.96. The first-order chi connectivity index (χ1) is 8.43. The van der Waals surface area contributed by atoms with Gasteiger partial charge in [-0.3, -0.25) is 0 Å². The fraction of sp³-hybridized carbons (Fsp3) is 0.571. The van der Waals surface area contributed by atoms with Crippen molar-refractivity contribution >= 4 is 11.3 Å². The van der Waals surface area contributed by atoms with Gasteiger partial charge in [-0.05, 0) is 17.9 Å². The van der Waals surface area contributed by atoms with Crippen LogP contribution in [0.1, 0.15) is 59.7 Å². The lowest BCUT2D eigenvalue weighted by Gasteiger charge is -1.96. The van der Waals surface area contributed by atoms with E-state index >= 15 is 0 Å². The monoisotopic (exact) mass is 226 g/mol. The Labute approximate surface area is 101 Å². The van der Waals surface area contributed by atoms with Crippen LogP contribution in [0.3, 0.4) is 0 Å². The maximum Gasteiger partial charge on any atom is 0.0768 e. The van der Waals surface area contributed by atoms with Crippen LogP contribution >= 0.6 is 11.3 Å². The molecule has 0 amide bonds. The number of unbranched alkanes of at least 4 members (excludes halogenated alkanes) is 6. The molecule has 84 valence electrons. The zero-order valence-corrected chi connectivity index (χ0v) is 10.4. The lowest BCUT2D eigenvalue weighted by Crippen LogP contribution is -1.77. The topological polar surface area (TPSA) is 0 Å². The molecule has 0 unspecified atom stereocenters. The minimum absolute atomic E-state index is 1.06.